The number of aromatic nitrogens is 1. The van der Waals surface area contributed by atoms with Gasteiger partial charge in [-0.15, -0.1) is 0 Å². The molecule has 2 rings (SSSR count). The number of nitrogens with zero attached hydrogens (tertiary/aromatic N) is 2. The molecule has 1 aromatic heterocycles. The van der Waals surface area contributed by atoms with Gasteiger partial charge in [0.2, 0.25) is 0 Å². The normalized spacial score (nSPS) is 14.9. The lowest BCUT2D eigenvalue weighted by atomic mass is 10.2. The molecular weight excluding hydrogens is 220 g/mol. The monoisotopic (exact) mass is 230 g/mol. The average Bonchev–Trinajstić information content (AvgIpc) is 2.40. The Morgan fingerprint density at radius 2 is 2.35 bits per heavy atom. The summed E-state index contributed by atoms with van der Waals surface area (Å²) in [6, 6.07) is 3.63. The third-order valence-corrected chi connectivity index (χ3v) is 2.13. The molecule has 17 heavy (non-hydrogen) atoms. The first kappa shape index (κ1) is 11.0. The van der Waals surface area contributed by atoms with Gasteiger partial charge in [0, 0.05) is 6.20 Å². The number of ether oxygens (including phenoxy) is 3. The number of hydrogen-bond acceptors (Lipinski definition) is 5. The first-order valence-corrected chi connectivity index (χ1v) is 4.99. The number of rotatable bonds is 3. The van der Waals surface area contributed by atoms with E-state index in [2.05, 4.69) is 4.98 Å². The molecule has 0 unspecified atom stereocenters. The zero-order valence-electron chi connectivity index (χ0n) is 9.16. The van der Waals surface area contributed by atoms with E-state index in [-0.39, 0.29) is 6.10 Å². The smallest absolute Gasteiger partial charge is 0.178 e. The van der Waals surface area contributed by atoms with Crippen LogP contribution >= 0.6 is 0 Å². The molecule has 0 N–H and O–H groups in total. The largest absolute Gasteiger partial charge is 0.480 e. The Labute approximate surface area is 98.6 Å². The van der Waals surface area contributed by atoms with Gasteiger partial charge >= 0.3 is 0 Å². The highest BCUT2D eigenvalue weighted by molar-refractivity contribution is 5.40. The van der Waals surface area contributed by atoms with Crippen LogP contribution in [0.15, 0.2) is 43.0 Å². The van der Waals surface area contributed by atoms with Crippen LogP contribution in [0.3, 0.4) is 0 Å². The van der Waals surface area contributed by atoms with E-state index in [0.717, 1.165) is 0 Å². The second-order valence-corrected chi connectivity index (χ2v) is 3.29. The molecular formula is C12H10N2O3. The Morgan fingerprint density at radius 3 is 3.06 bits per heavy atom. The van der Waals surface area contributed by atoms with E-state index >= 15 is 0 Å². The maximum absolute atomic E-state index is 8.90. The molecule has 0 bridgehead atoms. The highest BCUT2D eigenvalue weighted by Gasteiger charge is 2.16. The highest BCUT2D eigenvalue weighted by atomic mass is 16.6. The predicted octanol–water partition coefficient (Wildman–Crippen LogP) is 2.08. The van der Waals surface area contributed by atoms with Crippen molar-refractivity contribution >= 4 is 0 Å². The molecule has 0 amide bonds. The topological polar surface area (TPSA) is 64.4 Å². The van der Waals surface area contributed by atoms with Crippen molar-refractivity contribution < 1.29 is 14.2 Å². The van der Waals surface area contributed by atoms with Gasteiger partial charge in [0.25, 0.3) is 0 Å². The van der Waals surface area contributed by atoms with Crippen molar-refractivity contribution in [3.8, 4) is 11.8 Å². The van der Waals surface area contributed by atoms with Crippen LogP contribution in [0, 0.1) is 11.3 Å². The number of hydrogen-bond donors (Lipinski definition) is 0. The lowest BCUT2D eigenvalue weighted by Gasteiger charge is -2.18. The zero-order chi connectivity index (χ0) is 12.1. The number of pyridine rings is 1. The molecule has 0 aliphatic carbocycles. The van der Waals surface area contributed by atoms with Crippen molar-refractivity contribution in [2.45, 2.75) is 13.0 Å². The summed E-state index contributed by atoms with van der Waals surface area (Å²) >= 11 is 0. The van der Waals surface area contributed by atoms with E-state index in [9.17, 15) is 0 Å². The molecule has 0 fully saturated rings. The van der Waals surface area contributed by atoms with E-state index < -0.39 is 0 Å². The Balaban J connectivity index is 2.10. The van der Waals surface area contributed by atoms with Crippen LogP contribution < -0.4 is 4.74 Å². The summed E-state index contributed by atoms with van der Waals surface area (Å²) in [5, 5.41) is 8.90. The molecule has 1 aromatic rings. The van der Waals surface area contributed by atoms with Gasteiger partial charge in [0.1, 0.15) is 24.9 Å². The van der Waals surface area contributed by atoms with Crippen LogP contribution in [0.5, 0.6) is 5.75 Å². The lowest BCUT2D eigenvalue weighted by molar-refractivity contribution is 0.151. The molecule has 5 heteroatoms. The van der Waals surface area contributed by atoms with Crippen molar-refractivity contribution in [2.75, 3.05) is 0 Å². The Kier molecular flexibility index (Phi) is 3.26. The third-order valence-electron chi connectivity index (χ3n) is 2.13. The Morgan fingerprint density at radius 1 is 1.47 bits per heavy atom. The molecule has 0 aromatic carbocycles. The van der Waals surface area contributed by atoms with Gasteiger partial charge in [-0.1, -0.05) is 0 Å². The fourth-order valence-corrected chi connectivity index (χ4v) is 1.28. The van der Waals surface area contributed by atoms with Gasteiger partial charge in [0.15, 0.2) is 17.6 Å². The molecule has 0 radical (unpaired) electrons. The minimum atomic E-state index is -0.365. The van der Waals surface area contributed by atoms with Gasteiger partial charge in [0.05, 0.1) is 11.8 Å². The molecule has 86 valence electrons. The quantitative estimate of drug-likeness (QED) is 0.795. The predicted molar refractivity (Wildman–Crippen MR) is 58.4 cm³/mol. The summed E-state index contributed by atoms with van der Waals surface area (Å²) in [6.07, 6.45) is 6.96. The zero-order valence-corrected chi connectivity index (χ0v) is 9.16. The van der Waals surface area contributed by atoms with E-state index in [0.29, 0.717) is 17.1 Å². The molecule has 1 aliphatic rings. The van der Waals surface area contributed by atoms with Gasteiger partial charge < -0.3 is 14.2 Å². The van der Waals surface area contributed by atoms with Gasteiger partial charge in [-0.25, -0.2) is 0 Å². The summed E-state index contributed by atoms with van der Waals surface area (Å²) in [5.74, 6) is 0.946. The van der Waals surface area contributed by atoms with Crippen molar-refractivity contribution in [2.24, 2.45) is 0 Å². The fraction of sp³-hybridized carbons (Fsp3) is 0.167. The molecule has 2 heterocycles. The van der Waals surface area contributed by atoms with Crippen LogP contribution in [0.25, 0.3) is 0 Å². The second kappa shape index (κ2) is 5.03. The standard InChI is InChI=1S/C12H10N2O3/c1-9(12-8-15-4-5-16-12)17-11-7-14-3-2-10(11)6-13/h2-5,7-9H,1H3/t9-/m1/s1. The third kappa shape index (κ3) is 2.55. The molecule has 0 saturated heterocycles. The molecule has 0 saturated carbocycles. The highest BCUT2D eigenvalue weighted by Crippen LogP contribution is 2.20. The molecule has 0 spiro atoms. The molecule has 1 atom stereocenters. The van der Waals surface area contributed by atoms with Crippen LogP contribution in [0.4, 0.5) is 0 Å². The van der Waals surface area contributed by atoms with Crippen molar-refractivity contribution in [1.29, 1.82) is 5.26 Å². The Bertz CT molecular complexity index is 503. The summed E-state index contributed by atoms with van der Waals surface area (Å²) in [4.78, 5) is 3.91. The van der Waals surface area contributed by atoms with Gasteiger partial charge in [-0.2, -0.15) is 5.26 Å². The summed E-state index contributed by atoms with van der Waals surface area (Å²) in [6.45, 7) is 1.79. The first-order chi connectivity index (χ1) is 8.31. The van der Waals surface area contributed by atoms with Gasteiger partial charge in [-0.05, 0) is 13.0 Å². The second-order valence-electron chi connectivity index (χ2n) is 3.29. The van der Waals surface area contributed by atoms with Gasteiger partial charge in [-0.3, -0.25) is 4.98 Å². The fourth-order valence-electron chi connectivity index (χ4n) is 1.28. The molecule has 5 nitrogen and oxygen atoms in total. The lowest BCUT2D eigenvalue weighted by Crippen LogP contribution is -2.18. The van der Waals surface area contributed by atoms with E-state index in [1.54, 1.807) is 13.0 Å². The SMILES string of the molecule is C[C@@H](Oc1cnccc1C#N)C1=COC=CO1. The van der Waals surface area contributed by atoms with Crippen molar-refractivity contribution in [3.05, 3.63) is 48.6 Å². The summed E-state index contributed by atoms with van der Waals surface area (Å²) in [7, 11) is 0. The molecule has 1 aliphatic heterocycles. The van der Waals surface area contributed by atoms with Crippen LogP contribution in [-0.4, -0.2) is 11.1 Å². The first-order valence-electron chi connectivity index (χ1n) is 4.99. The van der Waals surface area contributed by atoms with Crippen molar-refractivity contribution in [1.82, 2.24) is 4.98 Å². The van der Waals surface area contributed by atoms with E-state index in [1.165, 1.54) is 31.2 Å². The van der Waals surface area contributed by atoms with Crippen LogP contribution in [0.1, 0.15) is 12.5 Å². The van der Waals surface area contributed by atoms with Crippen molar-refractivity contribution in [3.63, 3.8) is 0 Å². The van der Waals surface area contributed by atoms with Crippen LogP contribution in [0.2, 0.25) is 0 Å². The van der Waals surface area contributed by atoms with E-state index in [4.69, 9.17) is 19.5 Å². The minimum Gasteiger partial charge on any atom is -0.480 e. The maximum atomic E-state index is 8.90. The van der Waals surface area contributed by atoms with E-state index in [1.807, 2.05) is 6.07 Å². The average molecular weight is 230 g/mol. The Hall–Kier alpha value is -2.48. The maximum Gasteiger partial charge on any atom is 0.178 e. The minimum absolute atomic E-state index is 0.365. The number of nitriles is 1. The summed E-state index contributed by atoms with van der Waals surface area (Å²) < 4.78 is 15.8. The van der Waals surface area contributed by atoms with Crippen LogP contribution in [-0.2, 0) is 9.47 Å². The summed E-state index contributed by atoms with van der Waals surface area (Å²) in [5.41, 5.74) is 0.430.